The summed E-state index contributed by atoms with van der Waals surface area (Å²) in [5, 5.41) is 3.93. The summed E-state index contributed by atoms with van der Waals surface area (Å²) in [6.45, 7) is 6.08. The molecule has 128 valence electrons. The first kappa shape index (κ1) is 17.1. The first-order valence-electron chi connectivity index (χ1n) is 7.74. The predicted molar refractivity (Wildman–Crippen MR) is 95.4 cm³/mol. The maximum atomic E-state index is 13.9. The summed E-state index contributed by atoms with van der Waals surface area (Å²) in [5.41, 5.74) is 1.24. The third-order valence-electron chi connectivity index (χ3n) is 3.66. The molecule has 1 amide bonds. The molecule has 0 spiro atoms. The van der Waals surface area contributed by atoms with E-state index < -0.39 is 0 Å². The van der Waals surface area contributed by atoms with Crippen LogP contribution in [-0.4, -0.2) is 16.0 Å². The maximum Gasteiger partial charge on any atom is 0.246 e. The lowest BCUT2D eigenvalue weighted by atomic mass is 10.2. The Hall–Kier alpha value is -2.73. The van der Waals surface area contributed by atoms with Crippen LogP contribution in [0, 0.1) is 12.7 Å². The number of aryl methyl sites for hydroxylation is 1. The van der Waals surface area contributed by atoms with Crippen LogP contribution in [0.4, 0.5) is 4.39 Å². The molecule has 25 heavy (non-hydrogen) atoms. The third kappa shape index (κ3) is 4.03. The minimum absolute atomic E-state index is 0.193. The highest BCUT2D eigenvalue weighted by Crippen LogP contribution is 2.30. The molecule has 0 saturated carbocycles. The molecule has 0 aliphatic heterocycles. The van der Waals surface area contributed by atoms with Crippen LogP contribution in [0.15, 0.2) is 59.6 Å². The Morgan fingerprint density at radius 1 is 1.32 bits per heavy atom. The van der Waals surface area contributed by atoms with Gasteiger partial charge in [0.15, 0.2) is 0 Å². The minimum Gasteiger partial charge on any atom is -0.361 e. The predicted octanol–water partition coefficient (Wildman–Crippen LogP) is 4.57. The topological polar surface area (TPSA) is 46.3 Å². The van der Waals surface area contributed by atoms with Crippen LogP contribution in [0.2, 0.25) is 0 Å². The van der Waals surface area contributed by atoms with Gasteiger partial charge in [-0.1, -0.05) is 29.9 Å². The van der Waals surface area contributed by atoms with Gasteiger partial charge < -0.3 is 9.42 Å². The van der Waals surface area contributed by atoms with Crippen LogP contribution in [0.25, 0.3) is 10.4 Å². The molecule has 2 heterocycles. The van der Waals surface area contributed by atoms with Crippen molar-refractivity contribution >= 4 is 17.2 Å². The van der Waals surface area contributed by atoms with Crippen molar-refractivity contribution in [3.8, 4) is 10.4 Å². The number of aromatic nitrogens is 1. The molecule has 3 aromatic rings. The van der Waals surface area contributed by atoms with E-state index in [2.05, 4.69) is 11.7 Å². The molecule has 2 aromatic heterocycles. The van der Waals surface area contributed by atoms with Gasteiger partial charge in [0.05, 0.1) is 13.1 Å². The van der Waals surface area contributed by atoms with E-state index in [1.807, 2.05) is 12.1 Å². The van der Waals surface area contributed by atoms with Gasteiger partial charge >= 0.3 is 0 Å². The molecular formula is C19H17FN2O2S. The van der Waals surface area contributed by atoms with Gasteiger partial charge in [0.1, 0.15) is 17.3 Å². The molecule has 6 heteroatoms. The van der Waals surface area contributed by atoms with Crippen molar-refractivity contribution in [2.24, 2.45) is 0 Å². The summed E-state index contributed by atoms with van der Waals surface area (Å²) in [4.78, 5) is 15.6. The number of amides is 1. The van der Waals surface area contributed by atoms with Crippen molar-refractivity contribution in [2.45, 2.75) is 20.0 Å². The van der Waals surface area contributed by atoms with Crippen molar-refractivity contribution in [3.05, 3.63) is 77.3 Å². The van der Waals surface area contributed by atoms with E-state index in [-0.39, 0.29) is 11.7 Å². The Bertz CT molecular complexity index is 900. The van der Waals surface area contributed by atoms with Gasteiger partial charge in [-0.05, 0) is 31.2 Å². The summed E-state index contributed by atoms with van der Waals surface area (Å²) in [6.07, 6.45) is 1.28. The van der Waals surface area contributed by atoms with Gasteiger partial charge in [0.2, 0.25) is 5.91 Å². The number of hydrogen-bond donors (Lipinski definition) is 0. The second-order valence-corrected chi connectivity index (χ2v) is 6.74. The maximum absolute atomic E-state index is 13.9. The van der Waals surface area contributed by atoms with Crippen LogP contribution in [0.3, 0.4) is 0 Å². The molecule has 0 fully saturated rings. The van der Waals surface area contributed by atoms with Crippen LogP contribution < -0.4 is 0 Å². The molecule has 0 saturated heterocycles. The first-order valence-corrected chi connectivity index (χ1v) is 8.55. The Morgan fingerprint density at radius 2 is 2.12 bits per heavy atom. The van der Waals surface area contributed by atoms with Gasteiger partial charge in [-0.25, -0.2) is 4.39 Å². The zero-order valence-corrected chi connectivity index (χ0v) is 14.6. The van der Waals surface area contributed by atoms with Crippen LogP contribution in [-0.2, 0) is 17.9 Å². The normalized spacial score (nSPS) is 10.6. The Labute approximate surface area is 149 Å². The lowest BCUT2D eigenvalue weighted by Gasteiger charge is -2.19. The fraction of sp³-hybridized carbons (Fsp3) is 0.158. The number of thiophene rings is 1. The number of benzene rings is 1. The van der Waals surface area contributed by atoms with E-state index in [0.29, 0.717) is 30.1 Å². The monoisotopic (exact) mass is 356 g/mol. The average Bonchev–Trinajstić information content (AvgIpc) is 3.23. The Morgan fingerprint density at radius 3 is 2.80 bits per heavy atom. The summed E-state index contributed by atoms with van der Waals surface area (Å²) in [5.74, 6) is 0.244. The largest absolute Gasteiger partial charge is 0.361 e. The van der Waals surface area contributed by atoms with E-state index in [0.717, 1.165) is 9.75 Å². The zero-order chi connectivity index (χ0) is 17.8. The van der Waals surface area contributed by atoms with Gasteiger partial charge in [0, 0.05) is 21.4 Å². The second-order valence-electron chi connectivity index (χ2n) is 5.57. The zero-order valence-electron chi connectivity index (χ0n) is 13.7. The van der Waals surface area contributed by atoms with Crippen molar-refractivity contribution in [1.29, 1.82) is 0 Å². The number of carbonyl (C=O) groups is 1. The standard InChI is InChI=1S/C19H17FN2O2S/c1-3-19(23)22(11-14-10-13(2)24-21-14)12-15-8-9-18(25-15)16-6-4-5-7-17(16)20/h3-10H,1,11-12H2,2H3. The third-order valence-corrected chi connectivity index (χ3v) is 4.77. The van der Waals surface area contributed by atoms with Crippen LogP contribution >= 0.6 is 11.3 Å². The highest BCUT2D eigenvalue weighted by atomic mass is 32.1. The molecule has 1 aromatic carbocycles. The molecule has 3 rings (SSSR count). The van der Waals surface area contributed by atoms with Crippen LogP contribution in [0.5, 0.6) is 0 Å². The first-order chi connectivity index (χ1) is 12.1. The Balaban J connectivity index is 1.79. The summed E-state index contributed by atoms with van der Waals surface area (Å²) in [6, 6.07) is 12.2. The summed E-state index contributed by atoms with van der Waals surface area (Å²) in [7, 11) is 0. The van der Waals surface area contributed by atoms with Crippen LogP contribution in [0.1, 0.15) is 16.3 Å². The summed E-state index contributed by atoms with van der Waals surface area (Å²) < 4.78 is 19.0. The quantitative estimate of drug-likeness (QED) is 0.608. The summed E-state index contributed by atoms with van der Waals surface area (Å²) >= 11 is 1.46. The van der Waals surface area contributed by atoms with E-state index in [1.54, 1.807) is 36.1 Å². The highest BCUT2D eigenvalue weighted by Gasteiger charge is 2.16. The van der Waals surface area contributed by atoms with Crippen molar-refractivity contribution in [3.63, 3.8) is 0 Å². The smallest absolute Gasteiger partial charge is 0.246 e. The van der Waals surface area contributed by atoms with Crippen molar-refractivity contribution < 1.29 is 13.7 Å². The lowest BCUT2D eigenvalue weighted by Crippen LogP contribution is -2.28. The number of rotatable bonds is 6. The molecule has 4 nitrogen and oxygen atoms in total. The van der Waals surface area contributed by atoms with E-state index >= 15 is 0 Å². The van der Waals surface area contributed by atoms with Crippen molar-refractivity contribution in [2.75, 3.05) is 0 Å². The van der Waals surface area contributed by atoms with Gasteiger partial charge in [-0.2, -0.15) is 0 Å². The fourth-order valence-corrected chi connectivity index (χ4v) is 3.54. The number of carbonyl (C=O) groups excluding carboxylic acids is 1. The number of nitrogens with zero attached hydrogens (tertiary/aromatic N) is 2. The van der Waals surface area contributed by atoms with Crippen molar-refractivity contribution in [1.82, 2.24) is 10.1 Å². The minimum atomic E-state index is -0.256. The van der Waals surface area contributed by atoms with E-state index in [1.165, 1.54) is 23.5 Å². The fourth-order valence-electron chi connectivity index (χ4n) is 2.49. The number of hydrogen-bond acceptors (Lipinski definition) is 4. The molecule has 0 aliphatic carbocycles. The molecule has 0 aliphatic rings. The van der Waals surface area contributed by atoms with Gasteiger partial charge in [-0.15, -0.1) is 11.3 Å². The number of halogens is 1. The Kier molecular flexibility index (Phi) is 5.09. The lowest BCUT2D eigenvalue weighted by molar-refractivity contribution is -0.127. The second kappa shape index (κ2) is 7.44. The van der Waals surface area contributed by atoms with Gasteiger partial charge in [0.25, 0.3) is 0 Å². The van der Waals surface area contributed by atoms with E-state index in [4.69, 9.17) is 4.52 Å². The molecule has 0 atom stereocenters. The molecular weight excluding hydrogens is 339 g/mol. The SMILES string of the molecule is C=CC(=O)N(Cc1cc(C)on1)Cc1ccc(-c2ccccc2F)s1. The molecule has 0 radical (unpaired) electrons. The molecule has 0 N–H and O–H groups in total. The highest BCUT2D eigenvalue weighted by molar-refractivity contribution is 7.15. The average molecular weight is 356 g/mol. The molecule has 0 bridgehead atoms. The van der Waals surface area contributed by atoms with Gasteiger partial charge in [-0.3, -0.25) is 4.79 Å². The molecule has 0 unspecified atom stereocenters. The van der Waals surface area contributed by atoms with E-state index in [9.17, 15) is 9.18 Å².